The standard InChI is InChI=1S/C30H34N2O4/c1-29(2,35)20-30(25-7-5-4-6-8-25)16-18-32(28(34)36-30)27(23-13-14-23)22-11-9-21(10-12-22)24-15-17-31(3)26(33)19-24/h4-12,15,17,19,23,27,35H,13-14,16,18,20H2,1-3H3/t27?,30-/m0/s1. The van der Waals surface area contributed by atoms with Crippen molar-refractivity contribution in [1.82, 2.24) is 9.47 Å². The summed E-state index contributed by atoms with van der Waals surface area (Å²) >= 11 is 0. The monoisotopic (exact) mass is 486 g/mol. The fraction of sp³-hybridized carbons (Fsp3) is 0.400. The average Bonchev–Trinajstić information content (AvgIpc) is 3.68. The van der Waals surface area contributed by atoms with Gasteiger partial charge in [-0.25, -0.2) is 4.79 Å². The molecule has 6 heteroatoms. The van der Waals surface area contributed by atoms with Crippen molar-refractivity contribution in [1.29, 1.82) is 0 Å². The van der Waals surface area contributed by atoms with Crippen molar-refractivity contribution in [3.8, 4) is 11.1 Å². The lowest BCUT2D eigenvalue weighted by atomic mass is 9.80. The molecule has 2 fully saturated rings. The molecule has 0 radical (unpaired) electrons. The van der Waals surface area contributed by atoms with Gasteiger partial charge in [-0.2, -0.15) is 0 Å². The van der Waals surface area contributed by atoms with E-state index in [1.165, 1.54) is 0 Å². The van der Waals surface area contributed by atoms with Crippen molar-refractivity contribution in [2.75, 3.05) is 6.54 Å². The number of rotatable bonds is 7. The highest BCUT2D eigenvalue weighted by molar-refractivity contribution is 5.71. The third-order valence-electron chi connectivity index (χ3n) is 7.39. The first-order valence-electron chi connectivity index (χ1n) is 12.7. The minimum Gasteiger partial charge on any atom is -0.438 e. The first kappa shape index (κ1) is 24.3. The molecule has 2 aliphatic rings. The largest absolute Gasteiger partial charge is 0.438 e. The number of aromatic nitrogens is 1. The summed E-state index contributed by atoms with van der Waals surface area (Å²) in [6.45, 7) is 4.07. The van der Waals surface area contributed by atoms with E-state index < -0.39 is 11.2 Å². The van der Waals surface area contributed by atoms with E-state index in [9.17, 15) is 14.7 Å². The fourth-order valence-corrected chi connectivity index (χ4v) is 5.51. The summed E-state index contributed by atoms with van der Waals surface area (Å²) in [4.78, 5) is 27.5. The number of nitrogens with zero attached hydrogens (tertiary/aromatic N) is 2. The summed E-state index contributed by atoms with van der Waals surface area (Å²) in [7, 11) is 1.74. The van der Waals surface area contributed by atoms with Gasteiger partial charge in [0.25, 0.3) is 5.56 Å². The minimum atomic E-state index is -0.984. The molecule has 1 aliphatic heterocycles. The number of pyridine rings is 1. The van der Waals surface area contributed by atoms with Crippen molar-refractivity contribution in [3.05, 3.63) is 94.4 Å². The molecule has 1 N–H and O–H groups in total. The number of carbonyl (C=O) groups excluding carboxylic acids is 1. The Morgan fingerprint density at radius 1 is 1.03 bits per heavy atom. The Labute approximate surface area is 212 Å². The molecule has 1 amide bonds. The molecule has 1 aliphatic carbocycles. The topological polar surface area (TPSA) is 71.8 Å². The molecular weight excluding hydrogens is 452 g/mol. The van der Waals surface area contributed by atoms with Gasteiger partial charge in [-0.15, -0.1) is 0 Å². The zero-order chi connectivity index (χ0) is 25.5. The van der Waals surface area contributed by atoms with Crippen LogP contribution < -0.4 is 5.56 Å². The summed E-state index contributed by atoms with van der Waals surface area (Å²) in [6.07, 6.45) is 4.55. The molecule has 6 nitrogen and oxygen atoms in total. The van der Waals surface area contributed by atoms with E-state index in [0.29, 0.717) is 25.3 Å². The SMILES string of the molecule is Cn1ccc(-c2ccc(C(C3CC3)N3CC[C@](CC(C)(C)O)(c4ccccc4)OC3=O)cc2)cc1=O. The number of aryl methyl sites for hydroxylation is 1. The van der Waals surface area contributed by atoms with E-state index in [-0.39, 0.29) is 17.7 Å². The van der Waals surface area contributed by atoms with Crippen LogP contribution in [0.4, 0.5) is 4.79 Å². The van der Waals surface area contributed by atoms with E-state index in [4.69, 9.17) is 4.74 Å². The summed E-state index contributed by atoms with van der Waals surface area (Å²) in [6, 6.07) is 21.5. The molecule has 2 aromatic carbocycles. The second-order valence-corrected chi connectivity index (χ2v) is 10.9. The number of hydrogen-bond acceptors (Lipinski definition) is 4. The van der Waals surface area contributed by atoms with Crippen LogP contribution in [0.25, 0.3) is 11.1 Å². The van der Waals surface area contributed by atoms with Crippen molar-refractivity contribution in [3.63, 3.8) is 0 Å². The Hall–Kier alpha value is -3.38. The van der Waals surface area contributed by atoms with Crippen LogP contribution in [0, 0.1) is 5.92 Å². The summed E-state index contributed by atoms with van der Waals surface area (Å²) < 4.78 is 7.79. The third kappa shape index (κ3) is 4.96. The Balaban J connectivity index is 1.41. The predicted molar refractivity (Wildman–Crippen MR) is 139 cm³/mol. The molecule has 1 saturated heterocycles. The molecule has 1 aromatic heterocycles. The zero-order valence-electron chi connectivity index (χ0n) is 21.2. The quantitative estimate of drug-likeness (QED) is 0.485. The van der Waals surface area contributed by atoms with Gasteiger partial charge in [0.1, 0.15) is 5.60 Å². The van der Waals surface area contributed by atoms with Crippen LogP contribution in [0.15, 0.2) is 77.7 Å². The molecule has 2 atom stereocenters. The van der Waals surface area contributed by atoms with Crippen molar-refractivity contribution in [2.45, 2.75) is 56.8 Å². The van der Waals surface area contributed by atoms with Gasteiger partial charge in [0.2, 0.25) is 0 Å². The Bertz CT molecular complexity index is 1290. The first-order chi connectivity index (χ1) is 17.2. The number of carbonyl (C=O) groups is 1. The van der Waals surface area contributed by atoms with Crippen LogP contribution in [-0.2, 0) is 17.4 Å². The Morgan fingerprint density at radius 3 is 2.31 bits per heavy atom. The average molecular weight is 487 g/mol. The maximum absolute atomic E-state index is 13.6. The number of hydrogen-bond donors (Lipinski definition) is 1. The normalized spacial score (nSPS) is 21.2. The van der Waals surface area contributed by atoms with Crippen LogP contribution in [0.2, 0.25) is 0 Å². The molecule has 1 saturated carbocycles. The van der Waals surface area contributed by atoms with Crippen molar-refractivity contribution >= 4 is 6.09 Å². The lowest BCUT2D eigenvalue weighted by molar-refractivity contribution is -0.103. The van der Waals surface area contributed by atoms with E-state index in [1.807, 2.05) is 53.4 Å². The van der Waals surface area contributed by atoms with Gasteiger partial charge in [-0.3, -0.25) is 4.79 Å². The maximum atomic E-state index is 13.6. The zero-order valence-corrected chi connectivity index (χ0v) is 21.2. The third-order valence-corrected chi connectivity index (χ3v) is 7.39. The van der Waals surface area contributed by atoms with Gasteiger partial charge in [0, 0.05) is 38.7 Å². The highest BCUT2D eigenvalue weighted by Crippen LogP contribution is 2.48. The second-order valence-electron chi connectivity index (χ2n) is 10.9. The number of benzene rings is 2. The van der Waals surface area contributed by atoms with Gasteiger partial charge in [-0.1, -0.05) is 54.6 Å². The van der Waals surface area contributed by atoms with E-state index >= 15 is 0 Å². The van der Waals surface area contributed by atoms with Gasteiger partial charge < -0.3 is 19.3 Å². The summed E-state index contributed by atoms with van der Waals surface area (Å²) in [5.74, 6) is 0.408. The summed E-state index contributed by atoms with van der Waals surface area (Å²) in [5, 5.41) is 10.7. The molecule has 2 heterocycles. The van der Waals surface area contributed by atoms with Gasteiger partial charge in [0.05, 0.1) is 11.6 Å². The van der Waals surface area contributed by atoms with Crippen LogP contribution in [-0.4, -0.2) is 32.8 Å². The van der Waals surface area contributed by atoms with Crippen molar-refractivity contribution < 1.29 is 14.6 Å². The molecule has 0 spiro atoms. The van der Waals surface area contributed by atoms with Crippen LogP contribution >= 0.6 is 0 Å². The van der Waals surface area contributed by atoms with Gasteiger partial charge >= 0.3 is 6.09 Å². The smallest absolute Gasteiger partial charge is 0.411 e. The molecule has 1 unspecified atom stereocenters. The molecule has 188 valence electrons. The highest BCUT2D eigenvalue weighted by Gasteiger charge is 2.49. The Morgan fingerprint density at radius 2 is 1.72 bits per heavy atom. The maximum Gasteiger partial charge on any atom is 0.411 e. The summed E-state index contributed by atoms with van der Waals surface area (Å²) in [5.41, 5.74) is 1.96. The molecule has 3 aromatic rings. The number of amides is 1. The first-order valence-corrected chi connectivity index (χ1v) is 12.7. The minimum absolute atomic E-state index is 0.0450. The molecular formula is C30H34N2O4. The number of aliphatic hydroxyl groups is 1. The number of cyclic esters (lactones) is 1. The van der Waals surface area contributed by atoms with E-state index in [2.05, 4.69) is 12.1 Å². The molecule has 36 heavy (non-hydrogen) atoms. The molecule has 0 bridgehead atoms. The fourth-order valence-electron chi connectivity index (χ4n) is 5.51. The predicted octanol–water partition coefficient (Wildman–Crippen LogP) is 5.40. The van der Waals surface area contributed by atoms with Crippen molar-refractivity contribution in [2.24, 2.45) is 13.0 Å². The molecule has 5 rings (SSSR count). The Kier molecular flexibility index (Phi) is 6.25. The number of ether oxygens (including phenoxy) is 1. The van der Waals surface area contributed by atoms with Gasteiger partial charge in [-0.05, 0) is 60.9 Å². The lowest BCUT2D eigenvalue weighted by Gasteiger charge is -2.46. The lowest BCUT2D eigenvalue weighted by Crippen LogP contribution is -2.51. The van der Waals surface area contributed by atoms with E-state index in [0.717, 1.165) is 35.1 Å². The van der Waals surface area contributed by atoms with Gasteiger partial charge in [0.15, 0.2) is 0 Å². The van der Waals surface area contributed by atoms with E-state index in [1.54, 1.807) is 37.7 Å². The second kappa shape index (κ2) is 9.25. The van der Waals surface area contributed by atoms with Crippen LogP contribution in [0.1, 0.15) is 56.7 Å². The van der Waals surface area contributed by atoms with Crippen LogP contribution in [0.3, 0.4) is 0 Å². The van der Waals surface area contributed by atoms with Crippen LogP contribution in [0.5, 0.6) is 0 Å². The highest BCUT2D eigenvalue weighted by atomic mass is 16.6.